The van der Waals surface area contributed by atoms with Gasteiger partial charge in [0.2, 0.25) is 5.95 Å². The van der Waals surface area contributed by atoms with Crippen LogP contribution in [-0.2, 0) is 6.18 Å². The molecule has 0 saturated heterocycles. The van der Waals surface area contributed by atoms with Crippen LogP contribution in [-0.4, -0.2) is 16.2 Å². The summed E-state index contributed by atoms with van der Waals surface area (Å²) >= 11 is 0. The van der Waals surface area contributed by atoms with Crippen LogP contribution in [0.15, 0.2) is 40.2 Å². The first-order valence-corrected chi connectivity index (χ1v) is 5.89. The van der Waals surface area contributed by atoms with E-state index in [9.17, 15) is 18.0 Å². The second-order valence-electron chi connectivity index (χ2n) is 4.19. The van der Waals surface area contributed by atoms with Crippen molar-refractivity contribution < 1.29 is 13.2 Å². The Morgan fingerprint density at radius 2 is 2.05 bits per heavy atom. The van der Waals surface area contributed by atoms with Gasteiger partial charge in [0.25, 0.3) is 5.56 Å². The minimum atomic E-state index is -4.46. The third kappa shape index (κ3) is 3.91. The molecule has 0 amide bonds. The normalized spacial score (nSPS) is 11.8. The number of hydrazone groups is 1. The Morgan fingerprint density at radius 3 is 2.71 bits per heavy atom. The number of benzene rings is 1. The Hall–Kier alpha value is -2.64. The lowest BCUT2D eigenvalue weighted by Crippen LogP contribution is -2.11. The first-order chi connectivity index (χ1) is 9.86. The largest absolute Gasteiger partial charge is 0.417 e. The number of hydrogen-bond donors (Lipinski definition) is 2. The molecule has 110 valence electrons. The number of hydrogen-bond acceptors (Lipinski definition) is 4. The zero-order chi connectivity index (χ0) is 15.5. The summed E-state index contributed by atoms with van der Waals surface area (Å²) < 4.78 is 38.3. The van der Waals surface area contributed by atoms with Gasteiger partial charge in [-0.05, 0) is 13.0 Å². The summed E-state index contributed by atoms with van der Waals surface area (Å²) in [7, 11) is 0. The van der Waals surface area contributed by atoms with Gasteiger partial charge in [0.05, 0.1) is 11.8 Å². The van der Waals surface area contributed by atoms with Crippen molar-refractivity contribution >= 4 is 12.2 Å². The minimum absolute atomic E-state index is 0.0562. The summed E-state index contributed by atoms with van der Waals surface area (Å²) in [6, 6.07) is 6.32. The molecule has 0 atom stereocenters. The fourth-order valence-corrected chi connectivity index (χ4v) is 1.66. The number of nitrogens with one attached hydrogen (secondary N) is 2. The van der Waals surface area contributed by atoms with E-state index in [1.165, 1.54) is 24.3 Å². The van der Waals surface area contributed by atoms with E-state index in [0.717, 1.165) is 12.3 Å². The van der Waals surface area contributed by atoms with Gasteiger partial charge in [-0.1, -0.05) is 18.2 Å². The standard InChI is InChI=1S/C13H11F3N4O/c1-8-6-11(21)19-12(18-8)20-17-7-9-4-2-3-5-10(9)13(14,15)16/h2-7H,1H3,(H2,18,19,20,21)/b17-7+. The molecule has 0 unspecified atom stereocenters. The van der Waals surface area contributed by atoms with Gasteiger partial charge in [-0.25, -0.2) is 10.4 Å². The molecule has 0 bridgehead atoms. The van der Waals surface area contributed by atoms with Crippen LogP contribution >= 0.6 is 0 Å². The second-order valence-corrected chi connectivity index (χ2v) is 4.19. The lowest BCUT2D eigenvalue weighted by molar-refractivity contribution is -0.137. The van der Waals surface area contributed by atoms with Crippen molar-refractivity contribution in [3.63, 3.8) is 0 Å². The third-order valence-electron chi connectivity index (χ3n) is 2.51. The van der Waals surface area contributed by atoms with Crippen molar-refractivity contribution in [2.75, 3.05) is 5.43 Å². The summed E-state index contributed by atoms with van der Waals surface area (Å²) in [5, 5.41) is 3.66. The van der Waals surface area contributed by atoms with Gasteiger partial charge in [0, 0.05) is 17.3 Å². The number of anilines is 1. The van der Waals surface area contributed by atoms with E-state index in [1.807, 2.05) is 0 Å². The molecule has 0 radical (unpaired) electrons. The molecule has 8 heteroatoms. The number of alkyl halides is 3. The minimum Gasteiger partial charge on any atom is -0.291 e. The zero-order valence-corrected chi connectivity index (χ0v) is 10.9. The summed E-state index contributed by atoms with van der Waals surface area (Å²) in [5.74, 6) is 0.0562. The van der Waals surface area contributed by atoms with Gasteiger partial charge in [-0.15, -0.1) is 0 Å². The van der Waals surface area contributed by atoms with Crippen molar-refractivity contribution in [2.24, 2.45) is 5.10 Å². The molecule has 2 N–H and O–H groups in total. The van der Waals surface area contributed by atoms with E-state index in [-0.39, 0.29) is 17.1 Å². The SMILES string of the molecule is Cc1cc(=O)[nH]c(N/N=C/c2ccccc2C(F)(F)F)n1. The van der Waals surface area contributed by atoms with Crippen LogP contribution in [0.1, 0.15) is 16.8 Å². The maximum absolute atomic E-state index is 12.8. The quantitative estimate of drug-likeness (QED) is 0.675. The maximum Gasteiger partial charge on any atom is 0.417 e. The smallest absolute Gasteiger partial charge is 0.291 e. The first-order valence-electron chi connectivity index (χ1n) is 5.89. The summed E-state index contributed by atoms with van der Waals surface area (Å²) in [5.41, 5.74) is 1.59. The van der Waals surface area contributed by atoms with Crippen LogP contribution in [0.2, 0.25) is 0 Å². The molecular formula is C13H11F3N4O. The van der Waals surface area contributed by atoms with E-state index >= 15 is 0 Å². The Kier molecular flexibility index (Phi) is 4.06. The van der Waals surface area contributed by atoms with E-state index in [4.69, 9.17) is 0 Å². The number of rotatable bonds is 3. The van der Waals surface area contributed by atoms with Crippen molar-refractivity contribution in [2.45, 2.75) is 13.1 Å². The van der Waals surface area contributed by atoms with Crippen LogP contribution in [0.25, 0.3) is 0 Å². The number of aromatic amines is 1. The highest BCUT2D eigenvalue weighted by Gasteiger charge is 2.32. The Balaban J connectivity index is 2.21. The first kappa shape index (κ1) is 14.8. The van der Waals surface area contributed by atoms with Gasteiger partial charge in [0.15, 0.2) is 0 Å². The molecule has 0 aliphatic rings. The van der Waals surface area contributed by atoms with Crippen molar-refractivity contribution in [3.8, 4) is 0 Å². The van der Waals surface area contributed by atoms with E-state index < -0.39 is 11.7 Å². The molecule has 0 saturated carbocycles. The Labute approximate surface area is 117 Å². The molecule has 1 heterocycles. The molecule has 1 aromatic heterocycles. The number of halogens is 3. The van der Waals surface area contributed by atoms with Crippen molar-refractivity contribution in [1.29, 1.82) is 0 Å². The van der Waals surface area contributed by atoms with Crippen LogP contribution in [0, 0.1) is 6.92 Å². The Bertz CT molecular complexity index is 722. The average Bonchev–Trinajstić information content (AvgIpc) is 2.37. The number of aromatic nitrogens is 2. The molecule has 2 rings (SSSR count). The number of aryl methyl sites for hydroxylation is 1. The summed E-state index contributed by atoms with van der Waals surface area (Å²) in [6.45, 7) is 1.61. The van der Waals surface area contributed by atoms with Gasteiger partial charge in [0.1, 0.15) is 0 Å². The lowest BCUT2D eigenvalue weighted by atomic mass is 10.1. The average molecular weight is 296 g/mol. The number of H-pyrrole nitrogens is 1. The number of nitrogens with zero attached hydrogens (tertiary/aromatic N) is 2. The predicted octanol–water partition coefficient (Wildman–Crippen LogP) is 2.54. The highest BCUT2D eigenvalue weighted by Crippen LogP contribution is 2.31. The molecule has 0 aliphatic carbocycles. The molecule has 0 aliphatic heterocycles. The third-order valence-corrected chi connectivity index (χ3v) is 2.51. The monoisotopic (exact) mass is 296 g/mol. The van der Waals surface area contributed by atoms with Crippen LogP contribution < -0.4 is 11.0 Å². The van der Waals surface area contributed by atoms with Gasteiger partial charge >= 0.3 is 6.18 Å². The van der Waals surface area contributed by atoms with E-state index in [2.05, 4.69) is 20.5 Å². The fraction of sp³-hybridized carbons (Fsp3) is 0.154. The van der Waals surface area contributed by atoms with Crippen LogP contribution in [0.5, 0.6) is 0 Å². The molecule has 0 fully saturated rings. The highest BCUT2D eigenvalue weighted by molar-refractivity contribution is 5.82. The molecular weight excluding hydrogens is 285 g/mol. The molecule has 1 aromatic carbocycles. The lowest BCUT2D eigenvalue weighted by Gasteiger charge is -2.09. The van der Waals surface area contributed by atoms with Gasteiger partial charge < -0.3 is 0 Å². The summed E-state index contributed by atoms with van der Waals surface area (Å²) in [4.78, 5) is 17.5. The van der Waals surface area contributed by atoms with Crippen molar-refractivity contribution in [1.82, 2.24) is 9.97 Å². The zero-order valence-electron chi connectivity index (χ0n) is 10.9. The van der Waals surface area contributed by atoms with Gasteiger partial charge in [-0.2, -0.15) is 18.3 Å². The predicted molar refractivity (Wildman–Crippen MR) is 72.3 cm³/mol. The van der Waals surface area contributed by atoms with Crippen molar-refractivity contribution in [3.05, 3.63) is 57.5 Å². The second kappa shape index (κ2) is 5.78. The molecule has 5 nitrogen and oxygen atoms in total. The van der Waals surface area contributed by atoms with Crippen LogP contribution in [0.4, 0.5) is 19.1 Å². The topological polar surface area (TPSA) is 70.1 Å². The van der Waals surface area contributed by atoms with Crippen LogP contribution in [0.3, 0.4) is 0 Å². The summed E-state index contributed by atoms with van der Waals surface area (Å²) in [6.07, 6.45) is -3.44. The molecule has 21 heavy (non-hydrogen) atoms. The Morgan fingerprint density at radius 1 is 1.33 bits per heavy atom. The fourth-order valence-electron chi connectivity index (χ4n) is 1.66. The molecule has 2 aromatic rings. The van der Waals surface area contributed by atoms with E-state index in [1.54, 1.807) is 6.92 Å². The highest BCUT2D eigenvalue weighted by atomic mass is 19.4. The molecule has 0 spiro atoms. The van der Waals surface area contributed by atoms with Gasteiger partial charge in [-0.3, -0.25) is 9.78 Å². The maximum atomic E-state index is 12.8. The van der Waals surface area contributed by atoms with E-state index in [0.29, 0.717) is 5.69 Å².